The number of nitrogens with zero attached hydrogens (tertiary/aromatic N) is 2. The number of nitrogen functional groups attached to an aromatic ring is 1. The molecule has 0 amide bonds. The highest BCUT2D eigenvalue weighted by Crippen LogP contribution is 2.28. The predicted octanol–water partition coefficient (Wildman–Crippen LogP) is 1.73. The van der Waals surface area contributed by atoms with Crippen molar-refractivity contribution in [2.24, 2.45) is 0 Å². The zero-order valence-corrected chi connectivity index (χ0v) is 8.34. The summed E-state index contributed by atoms with van der Waals surface area (Å²) in [4.78, 5) is 8.30. The van der Waals surface area contributed by atoms with Gasteiger partial charge in [-0.25, -0.2) is 9.97 Å². The Balaban J connectivity index is 2.56. The molecule has 0 atom stereocenters. The van der Waals surface area contributed by atoms with Crippen LogP contribution in [0.4, 0.5) is 5.69 Å². The van der Waals surface area contributed by atoms with Gasteiger partial charge in [-0.05, 0) is 24.3 Å². The Morgan fingerprint density at radius 2 is 1.93 bits per heavy atom. The van der Waals surface area contributed by atoms with Crippen molar-refractivity contribution in [1.82, 2.24) is 9.97 Å². The number of hydrogen-bond donors (Lipinski definition) is 1. The minimum atomic E-state index is 0.613. The quantitative estimate of drug-likeness (QED) is 0.752. The number of benzene rings is 1. The molecular formula is C11H11N3O. The molecule has 4 heteroatoms. The molecule has 1 heterocycles. The van der Waals surface area contributed by atoms with Gasteiger partial charge in [0.25, 0.3) is 0 Å². The van der Waals surface area contributed by atoms with Crippen LogP contribution in [-0.4, -0.2) is 17.1 Å². The highest BCUT2D eigenvalue weighted by molar-refractivity contribution is 5.68. The zero-order chi connectivity index (χ0) is 10.7. The van der Waals surface area contributed by atoms with Gasteiger partial charge < -0.3 is 10.5 Å². The van der Waals surface area contributed by atoms with Gasteiger partial charge in [0.2, 0.25) is 0 Å². The molecule has 4 nitrogen and oxygen atoms in total. The van der Waals surface area contributed by atoms with E-state index in [0.717, 1.165) is 11.3 Å². The van der Waals surface area contributed by atoms with Crippen molar-refractivity contribution in [3.63, 3.8) is 0 Å². The molecule has 0 saturated heterocycles. The van der Waals surface area contributed by atoms with E-state index in [1.54, 1.807) is 43.8 Å². The summed E-state index contributed by atoms with van der Waals surface area (Å²) in [6, 6.07) is 7.16. The van der Waals surface area contributed by atoms with Crippen molar-refractivity contribution in [2.45, 2.75) is 0 Å². The summed E-state index contributed by atoms with van der Waals surface area (Å²) in [5, 5.41) is 0. The second kappa shape index (κ2) is 3.96. The summed E-state index contributed by atoms with van der Waals surface area (Å²) in [5.41, 5.74) is 7.18. The lowest BCUT2D eigenvalue weighted by Gasteiger charge is -2.07. The molecule has 0 fully saturated rings. The molecule has 0 radical (unpaired) electrons. The van der Waals surface area contributed by atoms with E-state index >= 15 is 0 Å². The van der Waals surface area contributed by atoms with Crippen LogP contribution in [0.15, 0.2) is 36.7 Å². The average Bonchev–Trinajstić information content (AvgIpc) is 2.30. The molecule has 0 unspecified atom stereocenters. The first-order chi connectivity index (χ1) is 7.31. The maximum absolute atomic E-state index is 5.71. The van der Waals surface area contributed by atoms with E-state index in [2.05, 4.69) is 9.97 Å². The van der Waals surface area contributed by atoms with Crippen LogP contribution in [0.3, 0.4) is 0 Å². The molecule has 0 aliphatic carbocycles. The minimum Gasteiger partial charge on any atom is -0.496 e. The van der Waals surface area contributed by atoms with Crippen LogP contribution < -0.4 is 10.5 Å². The Morgan fingerprint density at radius 3 is 2.60 bits per heavy atom. The number of methoxy groups -OCH3 is 1. The van der Waals surface area contributed by atoms with Crippen LogP contribution in [0.1, 0.15) is 0 Å². The molecule has 0 spiro atoms. The second-order valence-electron chi connectivity index (χ2n) is 3.03. The smallest absolute Gasteiger partial charge is 0.162 e. The Morgan fingerprint density at radius 1 is 1.20 bits per heavy atom. The molecule has 0 aliphatic heterocycles. The summed E-state index contributed by atoms with van der Waals surface area (Å²) in [6.45, 7) is 0. The van der Waals surface area contributed by atoms with E-state index < -0.39 is 0 Å². The number of rotatable bonds is 2. The van der Waals surface area contributed by atoms with E-state index in [1.807, 2.05) is 0 Å². The molecule has 1 aromatic carbocycles. The first-order valence-electron chi connectivity index (χ1n) is 4.52. The highest BCUT2D eigenvalue weighted by Gasteiger charge is 2.07. The number of nitrogens with two attached hydrogens (primary N) is 1. The highest BCUT2D eigenvalue weighted by atomic mass is 16.5. The van der Waals surface area contributed by atoms with Gasteiger partial charge in [0.05, 0.1) is 12.7 Å². The van der Waals surface area contributed by atoms with Crippen LogP contribution in [0.5, 0.6) is 5.75 Å². The monoisotopic (exact) mass is 201 g/mol. The third-order valence-corrected chi connectivity index (χ3v) is 2.03. The summed E-state index contributed by atoms with van der Waals surface area (Å²) in [6.07, 6.45) is 3.37. The van der Waals surface area contributed by atoms with Gasteiger partial charge in [-0.3, -0.25) is 0 Å². The first kappa shape index (κ1) is 9.45. The van der Waals surface area contributed by atoms with Crippen LogP contribution in [-0.2, 0) is 0 Å². The van der Waals surface area contributed by atoms with Crippen LogP contribution >= 0.6 is 0 Å². The zero-order valence-electron chi connectivity index (χ0n) is 8.34. The van der Waals surface area contributed by atoms with Crippen molar-refractivity contribution >= 4 is 5.69 Å². The molecule has 2 rings (SSSR count). The maximum atomic E-state index is 5.71. The lowest BCUT2D eigenvalue weighted by atomic mass is 10.1. The van der Waals surface area contributed by atoms with Crippen molar-refractivity contribution in [3.8, 4) is 17.1 Å². The maximum Gasteiger partial charge on any atom is 0.162 e. The summed E-state index contributed by atoms with van der Waals surface area (Å²) in [7, 11) is 1.61. The molecule has 15 heavy (non-hydrogen) atoms. The summed E-state index contributed by atoms with van der Waals surface area (Å²) < 4.78 is 5.22. The largest absolute Gasteiger partial charge is 0.496 e. The molecule has 0 bridgehead atoms. The lowest BCUT2D eigenvalue weighted by molar-refractivity contribution is 0.416. The van der Waals surface area contributed by atoms with Gasteiger partial charge in [-0.15, -0.1) is 0 Å². The Hall–Kier alpha value is -2.10. The molecule has 0 saturated carbocycles. The van der Waals surface area contributed by atoms with Gasteiger partial charge in [-0.2, -0.15) is 0 Å². The fourth-order valence-corrected chi connectivity index (χ4v) is 1.34. The van der Waals surface area contributed by atoms with Crippen LogP contribution in [0.2, 0.25) is 0 Å². The van der Waals surface area contributed by atoms with Gasteiger partial charge in [0.1, 0.15) is 5.75 Å². The standard InChI is InChI=1S/C11H11N3O/c1-15-10-4-3-8(12)7-9(10)11-13-5-2-6-14-11/h2-7H,12H2,1H3. The third-order valence-electron chi connectivity index (χ3n) is 2.03. The molecule has 76 valence electrons. The van der Waals surface area contributed by atoms with Gasteiger partial charge in [0.15, 0.2) is 5.82 Å². The van der Waals surface area contributed by atoms with Crippen molar-refractivity contribution in [3.05, 3.63) is 36.7 Å². The SMILES string of the molecule is COc1ccc(N)cc1-c1ncccn1. The Bertz CT molecular complexity index is 457. The Labute approximate surface area is 87.7 Å². The lowest BCUT2D eigenvalue weighted by Crippen LogP contribution is -1.94. The van der Waals surface area contributed by atoms with Crippen LogP contribution in [0.25, 0.3) is 11.4 Å². The fourth-order valence-electron chi connectivity index (χ4n) is 1.34. The second-order valence-corrected chi connectivity index (χ2v) is 3.03. The average molecular weight is 201 g/mol. The number of hydrogen-bond acceptors (Lipinski definition) is 4. The van der Waals surface area contributed by atoms with Gasteiger partial charge >= 0.3 is 0 Å². The third kappa shape index (κ3) is 1.88. The first-order valence-corrected chi connectivity index (χ1v) is 4.52. The van der Waals surface area contributed by atoms with Crippen molar-refractivity contribution in [2.75, 3.05) is 12.8 Å². The molecule has 0 aliphatic rings. The topological polar surface area (TPSA) is 61.0 Å². The van der Waals surface area contributed by atoms with E-state index in [-0.39, 0.29) is 0 Å². The van der Waals surface area contributed by atoms with Crippen molar-refractivity contribution in [1.29, 1.82) is 0 Å². The number of aromatic nitrogens is 2. The fraction of sp³-hybridized carbons (Fsp3) is 0.0909. The van der Waals surface area contributed by atoms with Gasteiger partial charge in [-0.1, -0.05) is 0 Å². The summed E-state index contributed by atoms with van der Waals surface area (Å²) in [5.74, 6) is 1.33. The Kier molecular flexibility index (Phi) is 2.49. The molecule has 2 aromatic rings. The molecule has 2 N–H and O–H groups in total. The van der Waals surface area contributed by atoms with E-state index in [4.69, 9.17) is 10.5 Å². The molecular weight excluding hydrogens is 190 g/mol. The number of anilines is 1. The minimum absolute atomic E-state index is 0.613. The van der Waals surface area contributed by atoms with E-state index in [0.29, 0.717) is 11.5 Å². The van der Waals surface area contributed by atoms with Crippen LogP contribution in [0, 0.1) is 0 Å². The normalized spacial score (nSPS) is 9.93. The molecule has 1 aromatic heterocycles. The number of ether oxygens (including phenoxy) is 1. The van der Waals surface area contributed by atoms with Gasteiger partial charge in [0, 0.05) is 18.1 Å². The summed E-state index contributed by atoms with van der Waals surface area (Å²) >= 11 is 0. The van der Waals surface area contributed by atoms with E-state index in [9.17, 15) is 0 Å². The predicted molar refractivity (Wildman–Crippen MR) is 58.4 cm³/mol. The van der Waals surface area contributed by atoms with Crippen molar-refractivity contribution < 1.29 is 4.74 Å². The van der Waals surface area contributed by atoms with E-state index in [1.165, 1.54) is 0 Å².